The minimum absolute atomic E-state index is 0.588. The fourth-order valence-corrected chi connectivity index (χ4v) is 3.91. The molecule has 1 aromatic carbocycles. The van der Waals surface area contributed by atoms with E-state index >= 15 is 0 Å². The van der Waals surface area contributed by atoms with E-state index in [0.717, 1.165) is 35.3 Å². The van der Waals surface area contributed by atoms with Crippen LogP contribution in [0.2, 0.25) is 0 Å². The highest BCUT2D eigenvalue weighted by Gasteiger charge is 2.41. The zero-order valence-electron chi connectivity index (χ0n) is 11.5. The van der Waals surface area contributed by atoms with Gasteiger partial charge in [-0.15, -0.1) is 0 Å². The number of hydrogen-bond acceptors (Lipinski definition) is 4. The highest BCUT2D eigenvalue weighted by molar-refractivity contribution is 7.11. The van der Waals surface area contributed by atoms with Gasteiger partial charge in [-0.2, -0.15) is 4.37 Å². The number of hydrogen-bond donors (Lipinski definition) is 1. The highest BCUT2D eigenvalue weighted by atomic mass is 32.1. The van der Waals surface area contributed by atoms with Crippen LogP contribution in [0.4, 0.5) is 5.00 Å². The van der Waals surface area contributed by atoms with Crippen LogP contribution >= 0.6 is 11.5 Å². The number of benzene rings is 1. The number of anilines is 1. The molecule has 3 rings (SSSR count). The summed E-state index contributed by atoms with van der Waals surface area (Å²) in [5.74, 6) is -0.668. The molecule has 1 N–H and O–H groups in total. The topological polar surface area (TPSA) is 53.4 Å². The van der Waals surface area contributed by atoms with Gasteiger partial charge in [0.2, 0.25) is 0 Å². The lowest BCUT2D eigenvalue weighted by Crippen LogP contribution is -2.47. The smallest absolute Gasteiger partial charge is 0.311 e. The molecule has 1 aliphatic heterocycles. The van der Waals surface area contributed by atoms with E-state index in [4.69, 9.17) is 0 Å². The fourth-order valence-electron chi connectivity index (χ4n) is 3.02. The lowest BCUT2D eigenvalue weighted by Gasteiger charge is -2.39. The van der Waals surface area contributed by atoms with Crippen LogP contribution in [-0.4, -0.2) is 28.5 Å². The van der Waals surface area contributed by atoms with Crippen LogP contribution in [0, 0.1) is 5.41 Å². The molecule has 1 unspecified atom stereocenters. The Hall–Kier alpha value is -1.62. The largest absolute Gasteiger partial charge is 0.481 e. The molecular weight excluding hydrogens is 272 g/mol. The molecule has 1 aromatic heterocycles. The summed E-state index contributed by atoms with van der Waals surface area (Å²) in [6.45, 7) is 3.48. The van der Waals surface area contributed by atoms with E-state index in [-0.39, 0.29) is 0 Å². The first-order valence-corrected chi connectivity index (χ1v) is 7.76. The average Bonchev–Trinajstić information content (AvgIpc) is 2.91. The number of carbonyl (C=O) groups is 1. The van der Waals surface area contributed by atoms with Gasteiger partial charge in [-0.3, -0.25) is 4.79 Å². The van der Waals surface area contributed by atoms with Crippen LogP contribution in [0.25, 0.3) is 10.9 Å². The maximum atomic E-state index is 11.6. The first kappa shape index (κ1) is 13.4. The number of piperidine rings is 1. The maximum absolute atomic E-state index is 11.6. The van der Waals surface area contributed by atoms with Gasteiger partial charge in [-0.25, -0.2) is 0 Å². The molecule has 1 atom stereocenters. The molecule has 1 aliphatic rings. The second-order valence-corrected chi connectivity index (χ2v) is 6.22. The van der Waals surface area contributed by atoms with Gasteiger partial charge in [0.1, 0.15) is 5.00 Å². The minimum Gasteiger partial charge on any atom is -0.481 e. The normalized spacial score (nSPS) is 23.1. The Kier molecular flexibility index (Phi) is 3.38. The zero-order valence-corrected chi connectivity index (χ0v) is 12.3. The van der Waals surface area contributed by atoms with Crippen molar-refractivity contribution < 1.29 is 9.90 Å². The molecule has 1 saturated heterocycles. The number of nitrogens with zero attached hydrogens (tertiary/aromatic N) is 2. The number of carboxylic acids is 1. The summed E-state index contributed by atoms with van der Waals surface area (Å²) >= 11 is 1.48. The molecule has 0 aliphatic carbocycles. The van der Waals surface area contributed by atoms with E-state index in [9.17, 15) is 9.90 Å². The standard InChI is InChI=1S/C15H18N2O2S/c1-2-15(14(18)19)8-5-9-17(10-15)13-11-6-3-4-7-12(11)16-20-13/h3-4,6-7H,2,5,8-10H2,1H3,(H,18,19). The molecule has 0 saturated carbocycles. The van der Waals surface area contributed by atoms with Gasteiger partial charge in [-0.1, -0.05) is 19.1 Å². The molecule has 0 bridgehead atoms. The van der Waals surface area contributed by atoms with E-state index in [1.165, 1.54) is 11.5 Å². The molecule has 0 spiro atoms. The molecule has 0 amide bonds. The number of fused-ring (bicyclic) bond motifs is 1. The van der Waals surface area contributed by atoms with Crippen LogP contribution in [-0.2, 0) is 4.79 Å². The van der Waals surface area contributed by atoms with Crippen LogP contribution in [0.5, 0.6) is 0 Å². The van der Waals surface area contributed by atoms with Crippen molar-refractivity contribution >= 4 is 33.4 Å². The Balaban J connectivity index is 1.96. The third-order valence-electron chi connectivity index (χ3n) is 4.36. The molecule has 2 aromatic rings. The van der Waals surface area contributed by atoms with Crippen LogP contribution in [0.1, 0.15) is 26.2 Å². The van der Waals surface area contributed by atoms with Gasteiger partial charge in [0, 0.05) is 18.5 Å². The molecular formula is C15H18N2O2S. The van der Waals surface area contributed by atoms with E-state index < -0.39 is 11.4 Å². The Morgan fingerprint density at radius 1 is 1.50 bits per heavy atom. The van der Waals surface area contributed by atoms with E-state index in [2.05, 4.69) is 15.3 Å². The summed E-state index contributed by atoms with van der Waals surface area (Å²) < 4.78 is 4.46. The molecule has 5 heteroatoms. The van der Waals surface area contributed by atoms with Crippen molar-refractivity contribution in [1.82, 2.24) is 4.37 Å². The highest BCUT2D eigenvalue weighted by Crippen LogP contribution is 2.39. The lowest BCUT2D eigenvalue weighted by molar-refractivity contribution is -0.149. The summed E-state index contributed by atoms with van der Waals surface area (Å²) in [4.78, 5) is 13.9. The first-order valence-electron chi connectivity index (χ1n) is 6.99. The van der Waals surface area contributed by atoms with E-state index in [0.29, 0.717) is 13.0 Å². The van der Waals surface area contributed by atoms with Crippen molar-refractivity contribution in [2.45, 2.75) is 26.2 Å². The van der Waals surface area contributed by atoms with Gasteiger partial charge in [0.25, 0.3) is 0 Å². The second kappa shape index (κ2) is 5.05. The average molecular weight is 290 g/mol. The van der Waals surface area contributed by atoms with E-state index in [1.807, 2.05) is 25.1 Å². The van der Waals surface area contributed by atoms with Crippen LogP contribution in [0.3, 0.4) is 0 Å². The minimum atomic E-state index is -0.668. The van der Waals surface area contributed by atoms with E-state index in [1.54, 1.807) is 0 Å². The molecule has 2 heterocycles. The Labute approximate surface area is 122 Å². The van der Waals surface area contributed by atoms with Gasteiger partial charge >= 0.3 is 5.97 Å². The SMILES string of the molecule is CCC1(C(=O)O)CCCN(c2snc3ccccc23)C1. The van der Waals surface area contributed by atoms with Crippen molar-refractivity contribution in [2.75, 3.05) is 18.0 Å². The van der Waals surface area contributed by atoms with Gasteiger partial charge in [0.05, 0.1) is 10.9 Å². The number of carboxylic acid groups (broad SMARTS) is 1. The molecule has 0 radical (unpaired) electrons. The van der Waals surface area contributed by atoms with Crippen molar-refractivity contribution in [3.05, 3.63) is 24.3 Å². The Morgan fingerprint density at radius 2 is 2.30 bits per heavy atom. The number of aliphatic carboxylic acids is 1. The molecule has 106 valence electrons. The maximum Gasteiger partial charge on any atom is 0.311 e. The number of rotatable bonds is 3. The predicted molar refractivity (Wildman–Crippen MR) is 81.4 cm³/mol. The van der Waals surface area contributed by atoms with Crippen molar-refractivity contribution in [2.24, 2.45) is 5.41 Å². The third-order valence-corrected chi connectivity index (χ3v) is 5.30. The fraction of sp³-hybridized carbons (Fsp3) is 0.467. The van der Waals surface area contributed by atoms with Gasteiger partial charge in [0.15, 0.2) is 0 Å². The number of aromatic nitrogens is 1. The van der Waals surface area contributed by atoms with Gasteiger partial charge < -0.3 is 10.0 Å². The van der Waals surface area contributed by atoms with Gasteiger partial charge in [-0.05, 0) is 42.9 Å². The van der Waals surface area contributed by atoms with Crippen molar-refractivity contribution in [1.29, 1.82) is 0 Å². The predicted octanol–water partition coefficient (Wildman–Crippen LogP) is 3.38. The first-order chi connectivity index (χ1) is 9.66. The third kappa shape index (κ3) is 2.06. The summed E-state index contributed by atoms with van der Waals surface area (Å²) in [5.41, 5.74) is 0.388. The molecule has 4 nitrogen and oxygen atoms in total. The lowest BCUT2D eigenvalue weighted by atomic mass is 9.78. The van der Waals surface area contributed by atoms with Crippen LogP contribution in [0.15, 0.2) is 24.3 Å². The quantitative estimate of drug-likeness (QED) is 0.941. The summed E-state index contributed by atoms with van der Waals surface area (Å²) in [6, 6.07) is 8.06. The van der Waals surface area contributed by atoms with Crippen LogP contribution < -0.4 is 4.90 Å². The Bertz CT molecular complexity index is 640. The Morgan fingerprint density at radius 3 is 3.05 bits per heavy atom. The zero-order chi connectivity index (χ0) is 14.2. The summed E-state index contributed by atoms with van der Waals surface area (Å²) in [7, 11) is 0. The molecule has 20 heavy (non-hydrogen) atoms. The van der Waals surface area contributed by atoms with Crippen molar-refractivity contribution in [3.63, 3.8) is 0 Å². The summed E-state index contributed by atoms with van der Waals surface area (Å²) in [6.07, 6.45) is 2.37. The summed E-state index contributed by atoms with van der Waals surface area (Å²) in [5, 5.41) is 11.8. The second-order valence-electron chi connectivity index (χ2n) is 5.47. The monoisotopic (exact) mass is 290 g/mol. The van der Waals surface area contributed by atoms with Crippen molar-refractivity contribution in [3.8, 4) is 0 Å². The molecule has 1 fully saturated rings.